The number of anilines is 1. The van der Waals surface area contributed by atoms with E-state index in [0.29, 0.717) is 12.6 Å². The first kappa shape index (κ1) is 9.99. The average Bonchev–Trinajstić information content (AvgIpc) is 2.03. The van der Waals surface area contributed by atoms with Crippen molar-refractivity contribution in [2.75, 3.05) is 5.32 Å². The molecule has 0 saturated heterocycles. The lowest BCUT2D eigenvalue weighted by Gasteiger charge is -2.13. The van der Waals surface area contributed by atoms with E-state index in [1.165, 1.54) is 0 Å². The van der Waals surface area contributed by atoms with Crippen LogP contribution in [-0.4, -0.2) is 11.0 Å². The number of rotatable bonds is 3. The van der Waals surface area contributed by atoms with Crippen LogP contribution in [0, 0.1) is 6.92 Å². The van der Waals surface area contributed by atoms with Crippen molar-refractivity contribution in [2.24, 2.45) is 5.73 Å². The van der Waals surface area contributed by atoms with Crippen LogP contribution in [0.25, 0.3) is 0 Å². The van der Waals surface area contributed by atoms with Gasteiger partial charge in [-0.05, 0) is 26.8 Å². The first-order valence-electron chi connectivity index (χ1n) is 4.55. The maximum absolute atomic E-state index is 5.60. The number of hydrogen-bond acceptors (Lipinski definition) is 3. The third kappa shape index (κ3) is 2.70. The van der Waals surface area contributed by atoms with Crippen LogP contribution < -0.4 is 11.1 Å². The Balaban J connectivity index is 2.94. The van der Waals surface area contributed by atoms with Gasteiger partial charge in [0.2, 0.25) is 0 Å². The fraction of sp³-hybridized carbons (Fsp3) is 0.500. The fourth-order valence-corrected chi connectivity index (χ4v) is 1.20. The Bertz CT molecular complexity index is 281. The van der Waals surface area contributed by atoms with Gasteiger partial charge in [0.1, 0.15) is 0 Å². The van der Waals surface area contributed by atoms with E-state index in [1.807, 2.05) is 19.2 Å². The van der Waals surface area contributed by atoms with E-state index in [4.69, 9.17) is 5.73 Å². The summed E-state index contributed by atoms with van der Waals surface area (Å²) in [7, 11) is 0. The van der Waals surface area contributed by atoms with Gasteiger partial charge in [-0.2, -0.15) is 0 Å². The molecule has 1 aromatic rings. The second kappa shape index (κ2) is 4.23. The monoisotopic (exact) mass is 179 g/mol. The SMILES string of the molecule is Cc1cc(NC(C)C)c(CN)cn1. The summed E-state index contributed by atoms with van der Waals surface area (Å²) >= 11 is 0. The number of aryl methyl sites for hydroxylation is 1. The summed E-state index contributed by atoms with van der Waals surface area (Å²) in [5.41, 5.74) is 8.78. The second-order valence-corrected chi connectivity index (χ2v) is 3.49. The molecule has 1 heterocycles. The molecule has 72 valence electrons. The van der Waals surface area contributed by atoms with Crippen molar-refractivity contribution in [3.63, 3.8) is 0 Å². The van der Waals surface area contributed by atoms with Crippen LogP contribution >= 0.6 is 0 Å². The Labute approximate surface area is 79.4 Å². The topological polar surface area (TPSA) is 50.9 Å². The Morgan fingerprint density at radius 1 is 1.54 bits per heavy atom. The molecule has 3 nitrogen and oxygen atoms in total. The molecule has 0 aliphatic carbocycles. The van der Waals surface area contributed by atoms with Crippen molar-refractivity contribution in [3.8, 4) is 0 Å². The summed E-state index contributed by atoms with van der Waals surface area (Å²) < 4.78 is 0. The molecule has 0 amide bonds. The summed E-state index contributed by atoms with van der Waals surface area (Å²) in [4.78, 5) is 4.20. The van der Waals surface area contributed by atoms with E-state index < -0.39 is 0 Å². The summed E-state index contributed by atoms with van der Waals surface area (Å²) in [6.07, 6.45) is 1.83. The highest BCUT2D eigenvalue weighted by Gasteiger charge is 2.02. The predicted molar refractivity (Wildman–Crippen MR) is 55.6 cm³/mol. The van der Waals surface area contributed by atoms with Gasteiger partial charge in [0.05, 0.1) is 0 Å². The first-order chi connectivity index (χ1) is 6.13. The summed E-state index contributed by atoms with van der Waals surface area (Å²) in [5, 5.41) is 3.35. The fourth-order valence-electron chi connectivity index (χ4n) is 1.20. The van der Waals surface area contributed by atoms with Gasteiger partial charge >= 0.3 is 0 Å². The minimum absolute atomic E-state index is 0.423. The van der Waals surface area contributed by atoms with Gasteiger partial charge in [-0.25, -0.2) is 0 Å². The zero-order chi connectivity index (χ0) is 9.84. The number of pyridine rings is 1. The molecule has 3 N–H and O–H groups in total. The van der Waals surface area contributed by atoms with Gasteiger partial charge in [-0.3, -0.25) is 4.98 Å². The molecule has 0 bridgehead atoms. The molecule has 0 atom stereocenters. The largest absolute Gasteiger partial charge is 0.383 e. The minimum Gasteiger partial charge on any atom is -0.383 e. The van der Waals surface area contributed by atoms with Crippen molar-refractivity contribution >= 4 is 5.69 Å². The molecular weight excluding hydrogens is 162 g/mol. The van der Waals surface area contributed by atoms with E-state index >= 15 is 0 Å². The Kier molecular flexibility index (Phi) is 3.25. The highest BCUT2D eigenvalue weighted by molar-refractivity contribution is 5.51. The zero-order valence-electron chi connectivity index (χ0n) is 8.46. The normalized spacial score (nSPS) is 10.5. The summed E-state index contributed by atoms with van der Waals surface area (Å²) in [6.45, 7) is 6.72. The third-order valence-corrected chi connectivity index (χ3v) is 1.79. The smallest absolute Gasteiger partial charge is 0.0421 e. The first-order valence-corrected chi connectivity index (χ1v) is 4.55. The quantitative estimate of drug-likeness (QED) is 0.742. The molecule has 0 spiro atoms. The summed E-state index contributed by atoms with van der Waals surface area (Å²) in [5.74, 6) is 0. The molecule has 0 aliphatic heterocycles. The van der Waals surface area contributed by atoms with E-state index in [2.05, 4.69) is 24.1 Å². The average molecular weight is 179 g/mol. The third-order valence-electron chi connectivity index (χ3n) is 1.79. The number of nitrogens with one attached hydrogen (secondary N) is 1. The van der Waals surface area contributed by atoms with E-state index in [-0.39, 0.29) is 0 Å². The molecule has 0 unspecified atom stereocenters. The zero-order valence-corrected chi connectivity index (χ0v) is 8.46. The molecule has 1 aromatic heterocycles. The van der Waals surface area contributed by atoms with Crippen LogP contribution in [0.15, 0.2) is 12.3 Å². The van der Waals surface area contributed by atoms with E-state index in [0.717, 1.165) is 16.9 Å². The van der Waals surface area contributed by atoms with Gasteiger partial charge in [-0.15, -0.1) is 0 Å². The lowest BCUT2D eigenvalue weighted by atomic mass is 10.2. The van der Waals surface area contributed by atoms with Crippen molar-refractivity contribution in [2.45, 2.75) is 33.4 Å². The molecule has 0 fully saturated rings. The molecule has 1 rings (SSSR count). The van der Waals surface area contributed by atoms with Crippen LogP contribution in [0.4, 0.5) is 5.69 Å². The highest BCUT2D eigenvalue weighted by Crippen LogP contribution is 2.15. The Morgan fingerprint density at radius 2 is 2.23 bits per heavy atom. The van der Waals surface area contributed by atoms with E-state index in [1.54, 1.807) is 0 Å². The maximum Gasteiger partial charge on any atom is 0.0421 e. The standard InChI is InChI=1S/C10H17N3/c1-7(2)13-10-4-8(3)12-6-9(10)5-11/h4,6-7H,5,11H2,1-3H3,(H,12,13). The van der Waals surface area contributed by atoms with Gasteiger partial charge in [0, 0.05) is 35.7 Å². The van der Waals surface area contributed by atoms with Crippen LogP contribution in [0.2, 0.25) is 0 Å². The number of hydrogen-bond donors (Lipinski definition) is 2. The van der Waals surface area contributed by atoms with Gasteiger partial charge in [-0.1, -0.05) is 0 Å². The molecule has 0 aromatic carbocycles. The predicted octanol–water partition coefficient (Wildman–Crippen LogP) is 1.67. The van der Waals surface area contributed by atoms with Crippen LogP contribution in [-0.2, 0) is 6.54 Å². The van der Waals surface area contributed by atoms with Gasteiger partial charge in [0.25, 0.3) is 0 Å². The van der Waals surface area contributed by atoms with Crippen molar-refractivity contribution in [1.29, 1.82) is 0 Å². The number of aromatic nitrogens is 1. The Hall–Kier alpha value is -1.09. The Morgan fingerprint density at radius 3 is 2.77 bits per heavy atom. The molecule has 0 saturated carbocycles. The molecule has 0 radical (unpaired) electrons. The highest BCUT2D eigenvalue weighted by atomic mass is 14.9. The maximum atomic E-state index is 5.60. The minimum atomic E-state index is 0.423. The van der Waals surface area contributed by atoms with Crippen molar-refractivity contribution < 1.29 is 0 Å². The van der Waals surface area contributed by atoms with Crippen molar-refractivity contribution in [3.05, 3.63) is 23.5 Å². The molecular formula is C10H17N3. The van der Waals surface area contributed by atoms with Crippen LogP contribution in [0.3, 0.4) is 0 Å². The lowest BCUT2D eigenvalue weighted by Crippen LogP contribution is -2.13. The lowest BCUT2D eigenvalue weighted by molar-refractivity contribution is 0.888. The molecule has 3 heteroatoms. The number of nitrogens with zero attached hydrogens (tertiary/aromatic N) is 1. The van der Waals surface area contributed by atoms with E-state index in [9.17, 15) is 0 Å². The molecule has 0 aliphatic rings. The molecule has 13 heavy (non-hydrogen) atoms. The second-order valence-electron chi connectivity index (χ2n) is 3.49. The van der Waals surface area contributed by atoms with Crippen molar-refractivity contribution in [1.82, 2.24) is 4.98 Å². The van der Waals surface area contributed by atoms with Gasteiger partial charge in [0.15, 0.2) is 0 Å². The number of nitrogens with two attached hydrogens (primary N) is 1. The van der Waals surface area contributed by atoms with Crippen LogP contribution in [0.5, 0.6) is 0 Å². The van der Waals surface area contributed by atoms with Crippen LogP contribution in [0.1, 0.15) is 25.1 Å². The van der Waals surface area contributed by atoms with Gasteiger partial charge < -0.3 is 11.1 Å². The summed E-state index contributed by atoms with van der Waals surface area (Å²) in [6, 6.07) is 2.45.